The molecule has 0 aliphatic carbocycles. The molecule has 1 saturated heterocycles. The van der Waals surface area contributed by atoms with Crippen molar-refractivity contribution in [2.24, 2.45) is 5.73 Å². The number of nitrogens with two attached hydrogens (primary N) is 1. The number of carbonyl (C=O) groups is 4. The van der Waals surface area contributed by atoms with Gasteiger partial charge in [0.1, 0.15) is 17.1 Å². The molecule has 2 aromatic rings. The number of imide groups is 2. The molecular weight excluding hydrogens is 338 g/mol. The Morgan fingerprint density at radius 1 is 0.962 bits per heavy atom. The molecule has 132 valence electrons. The lowest BCUT2D eigenvalue weighted by Crippen LogP contribution is -2.52. The molecule has 0 saturated carbocycles. The van der Waals surface area contributed by atoms with Crippen LogP contribution in [-0.2, 0) is 9.59 Å². The molecule has 0 radical (unpaired) electrons. The van der Waals surface area contributed by atoms with Gasteiger partial charge in [-0.2, -0.15) is 0 Å². The fraction of sp³-hybridized carbons (Fsp3) is 0.111. The Kier molecular flexibility index (Phi) is 4.17. The number of nitrogens with zero attached hydrogens (tertiary/aromatic N) is 2. The molecule has 1 aromatic heterocycles. The number of likely N-dealkylation sites (N-methyl/N-ethyl adjacent to an activating group) is 2. The third-order valence-electron chi connectivity index (χ3n) is 4.01. The first-order chi connectivity index (χ1) is 12.3. The summed E-state index contributed by atoms with van der Waals surface area (Å²) in [5.41, 5.74) is 6.11. The predicted octanol–water partition coefficient (Wildman–Crippen LogP) is 1.48. The Labute approximate surface area is 148 Å². The van der Waals surface area contributed by atoms with Gasteiger partial charge in [-0.25, -0.2) is 4.79 Å². The van der Waals surface area contributed by atoms with E-state index in [1.807, 2.05) is 0 Å². The molecule has 8 heteroatoms. The number of hydrogen-bond acceptors (Lipinski definition) is 5. The summed E-state index contributed by atoms with van der Waals surface area (Å²) in [5, 5.41) is 0. The lowest BCUT2D eigenvalue weighted by molar-refractivity contribution is -0.134. The van der Waals surface area contributed by atoms with E-state index in [0.717, 1.165) is 9.80 Å². The number of amides is 5. The number of barbiturate groups is 1. The summed E-state index contributed by atoms with van der Waals surface area (Å²) in [4.78, 5) is 48.9. The normalized spacial score (nSPS) is 14.8. The number of rotatable bonds is 3. The molecule has 1 aromatic carbocycles. The highest BCUT2D eigenvalue weighted by Crippen LogP contribution is 2.25. The molecule has 0 bridgehead atoms. The zero-order chi connectivity index (χ0) is 19.0. The fourth-order valence-corrected chi connectivity index (χ4v) is 2.50. The number of hydrogen-bond donors (Lipinski definition) is 1. The monoisotopic (exact) mass is 353 g/mol. The largest absolute Gasteiger partial charge is 0.457 e. The Hall–Kier alpha value is -3.68. The van der Waals surface area contributed by atoms with Gasteiger partial charge in [0.2, 0.25) is 5.91 Å². The second-order valence-electron chi connectivity index (χ2n) is 5.71. The number of carbonyl (C=O) groups excluding carboxylic acids is 4. The number of primary amides is 1. The van der Waals surface area contributed by atoms with E-state index < -0.39 is 23.8 Å². The summed E-state index contributed by atoms with van der Waals surface area (Å²) >= 11 is 0. The molecule has 0 spiro atoms. The second-order valence-corrected chi connectivity index (χ2v) is 5.71. The maximum Gasteiger partial charge on any atom is 0.333 e. The smallest absolute Gasteiger partial charge is 0.333 e. The highest BCUT2D eigenvalue weighted by atomic mass is 16.3. The van der Waals surface area contributed by atoms with Crippen LogP contribution in [-0.4, -0.2) is 47.6 Å². The van der Waals surface area contributed by atoms with Crippen molar-refractivity contribution in [3.05, 3.63) is 53.3 Å². The average Bonchev–Trinajstić information content (AvgIpc) is 3.10. The Morgan fingerprint density at radius 3 is 2.08 bits per heavy atom. The molecule has 1 aliphatic rings. The van der Waals surface area contributed by atoms with Crippen LogP contribution in [0.15, 0.2) is 46.4 Å². The van der Waals surface area contributed by atoms with E-state index in [4.69, 9.17) is 10.2 Å². The van der Waals surface area contributed by atoms with Crippen LogP contribution in [0.2, 0.25) is 0 Å². The van der Waals surface area contributed by atoms with Crippen molar-refractivity contribution in [1.82, 2.24) is 9.80 Å². The second kappa shape index (κ2) is 6.32. The van der Waals surface area contributed by atoms with Crippen LogP contribution < -0.4 is 5.73 Å². The van der Waals surface area contributed by atoms with E-state index in [-0.39, 0.29) is 11.3 Å². The lowest BCUT2D eigenvalue weighted by atomic mass is 10.1. The molecule has 8 nitrogen and oxygen atoms in total. The van der Waals surface area contributed by atoms with E-state index in [9.17, 15) is 19.2 Å². The molecule has 2 N–H and O–H groups in total. The zero-order valence-corrected chi connectivity index (χ0v) is 14.1. The van der Waals surface area contributed by atoms with Crippen molar-refractivity contribution < 1.29 is 23.6 Å². The first-order valence-electron chi connectivity index (χ1n) is 7.61. The minimum Gasteiger partial charge on any atom is -0.457 e. The van der Waals surface area contributed by atoms with Crippen molar-refractivity contribution in [1.29, 1.82) is 0 Å². The average molecular weight is 353 g/mol. The topological polar surface area (TPSA) is 114 Å². The van der Waals surface area contributed by atoms with Crippen molar-refractivity contribution in [3.8, 4) is 11.3 Å². The van der Waals surface area contributed by atoms with Crippen LogP contribution in [0, 0.1) is 0 Å². The van der Waals surface area contributed by atoms with Gasteiger partial charge in [0, 0.05) is 25.2 Å². The van der Waals surface area contributed by atoms with E-state index in [1.165, 1.54) is 20.2 Å². The van der Waals surface area contributed by atoms with Gasteiger partial charge in [0.15, 0.2) is 0 Å². The van der Waals surface area contributed by atoms with Gasteiger partial charge < -0.3 is 10.2 Å². The first-order valence-corrected chi connectivity index (χ1v) is 7.61. The van der Waals surface area contributed by atoms with Crippen molar-refractivity contribution in [2.75, 3.05) is 14.1 Å². The molecule has 5 amide bonds. The Morgan fingerprint density at radius 2 is 1.54 bits per heavy atom. The fourth-order valence-electron chi connectivity index (χ4n) is 2.50. The van der Waals surface area contributed by atoms with Gasteiger partial charge in [0.05, 0.1) is 0 Å². The van der Waals surface area contributed by atoms with E-state index in [2.05, 4.69) is 0 Å². The SMILES string of the molecule is CN1C(=O)C(=Cc2ccc(-c3ccc(C(N)=O)cc3)o2)C(=O)N(C)C1=O. The summed E-state index contributed by atoms with van der Waals surface area (Å²) < 4.78 is 5.65. The number of furan rings is 1. The molecule has 0 unspecified atom stereocenters. The minimum atomic E-state index is -0.693. The number of benzene rings is 1. The maximum atomic E-state index is 12.2. The van der Waals surface area contributed by atoms with Crippen molar-refractivity contribution in [3.63, 3.8) is 0 Å². The van der Waals surface area contributed by atoms with Gasteiger partial charge in [-0.3, -0.25) is 24.2 Å². The van der Waals surface area contributed by atoms with Gasteiger partial charge in [-0.1, -0.05) is 12.1 Å². The van der Waals surface area contributed by atoms with E-state index in [1.54, 1.807) is 36.4 Å². The highest BCUT2D eigenvalue weighted by Gasteiger charge is 2.38. The van der Waals surface area contributed by atoms with Crippen LogP contribution in [0.1, 0.15) is 16.1 Å². The molecule has 0 atom stereocenters. The quantitative estimate of drug-likeness (QED) is 0.663. The zero-order valence-electron chi connectivity index (χ0n) is 14.1. The Bertz CT molecular complexity index is 929. The van der Waals surface area contributed by atoms with Gasteiger partial charge in [-0.05, 0) is 30.3 Å². The minimum absolute atomic E-state index is 0.167. The van der Waals surface area contributed by atoms with Crippen LogP contribution in [0.3, 0.4) is 0 Å². The molecule has 1 fully saturated rings. The van der Waals surface area contributed by atoms with Crippen LogP contribution in [0.4, 0.5) is 4.79 Å². The summed E-state index contributed by atoms with van der Waals surface area (Å²) in [6.07, 6.45) is 1.30. The Balaban J connectivity index is 1.91. The van der Waals surface area contributed by atoms with Crippen molar-refractivity contribution >= 4 is 29.8 Å². The molecule has 3 rings (SSSR count). The van der Waals surface area contributed by atoms with Crippen molar-refractivity contribution in [2.45, 2.75) is 0 Å². The standard InChI is InChI=1S/C18H15N3O5/c1-20-16(23)13(17(24)21(2)18(20)25)9-12-7-8-14(26-12)10-3-5-11(6-4-10)15(19)22/h3-9H,1-2H3,(H2,19,22). The highest BCUT2D eigenvalue weighted by molar-refractivity contribution is 6.30. The maximum absolute atomic E-state index is 12.2. The molecule has 26 heavy (non-hydrogen) atoms. The number of urea groups is 1. The summed E-state index contributed by atoms with van der Waals surface area (Å²) in [7, 11) is 2.60. The third kappa shape index (κ3) is 2.88. The summed E-state index contributed by atoms with van der Waals surface area (Å²) in [6, 6.07) is 9.07. The van der Waals surface area contributed by atoms with Gasteiger partial charge in [0.25, 0.3) is 11.8 Å². The summed E-state index contributed by atoms with van der Waals surface area (Å²) in [5.74, 6) is -1.14. The predicted molar refractivity (Wildman–Crippen MR) is 91.6 cm³/mol. The molecule has 1 aliphatic heterocycles. The van der Waals surface area contributed by atoms with Crippen LogP contribution >= 0.6 is 0 Å². The summed E-state index contributed by atoms with van der Waals surface area (Å²) in [6.45, 7) is 0. The van der Waals surface area contributed by atoms with Gasteiger partial charge in [-0.15, -0.1) is 0 Å². The lowest BCUT2D eigenvalue weighted by Gasteiger charge is -2.28. The van der Waals surface area contributed by atoms with Crippen LogP contribution in [0.5, 0.6) is 0 Å². The molecular formula is C18H15N3O5. The molecule has 2 heterocycles. The first kappa shape index (κ1) is 17.2. The van der Waals surface area contributed by atoms with E-state index >= 15 is 0 Å². The van der Waals surface area contributed by atoms with Crippen LogP contribution in [0.25, 0.3) is 17.4 Å². The van der Waals surface area contributed by atoms with Gasteiger partial charge >= 0.3 is 6.03 Å². The third-order valence-corrected chi connectivity index (χ3v) is 4.01. The van der Waals surface area contributed by atoms with E-state index in [0.29, 0.717) is 16.9 Å².